The summed E-state index contributed by atoms with van der Waals surface area (Å²) >= 11 is 11.2. The second-order valence-electron chi connectivity index (χ2n) is 1.25. The van der Waals surface area contributed by atoms with Crippen molar-refractivity contribution < 1.29 is 0 Å². The van der Waals surface area contributed by atoms with Crippen molar-refractivity contribution in [3.8, 4) is 0 Å². The van der Waals surface area contributed by atoms with Gasteiger partial charge in [-0.25, -0.2) is 0 Å². The number of rotatable bonds is 2. The van der Waals surface area contributed by atoms with Crippen LogP contribution >= 0.6 is 41.2 Å². The van der Waals surface area contributed by atoms with Crippen LogP contribution in [0.15, 0.2) is 9.95 Å². The van der Waals surface area contributed by atoms with Crippen LogP contribution in [-0.2, 0) is 0 Å². The summed E-state index contributed by atoms with van der Waals surface area (Å²) in [4.78, 5) is 0. The first kappa shape index (κ1) is 8.98. The van der Waals surface area contributed by atoms with Gasteiger partial charge in [0.1, 0.15) is 7.85 Å². The van der Waals surface area contributed by atoms with Crippen LogP contribution in [0.4, 0.5) is 0 Å². The largest absolute Gasteiger partial charge is 0.176 e. The van der Waals surface area contributed by atoms with Gasteiger partial charge in [0.15, 0.2) is 0 Å². The number of thiol groups is 2. The Bertz CT molecular complexity index is 90.2. The summed E-state index contributed by atoms with van der Waals surface area (Å²) in [5, 5.41) is 0. The Hall–Kier alpha value is 0.985. The molecule has 0 aromatic carbocycles. The molecule has 0 fully saturated rings. The van der Waals surface area contributed by atoms with Crippen molar-refractivity contribution in [2.24, 2.45) is 0 Å². The van der Waals surface area contributed by atoms with Crippen molar-refractivity contribution in [3.05, 3.63) is 9.95 Å². The van der Waals surface area contributed by atoms with Crippen molar-refractivity contribution in [1.82, 2.24) is 0 Å². The second-order valence-corrected chi connectivity index (χ2v) is 2.84. The van der Waals surface area contributed by atoms with Gasteiger partial charge in [-0.2, -0.15) is 25.3 Å². The van der Waals surface area contributed by atoms with Crippen LogP contribution in [0.1, 0.15) is 0 Å². The number of hydrogen-bond acceptors (Lipinski definition) is 2. The molecule has 0 rings (SSSR count). The normalized spacial score (nSPS) is 13.4. The highest BCUT2D eigenvalue weighted by Crippen LogP contribution is 2.11. The minimum atomic E-state index is 0.584. The van der Waals surface area contributed by atoms with Gasteiger partial charge in [-0.1, -0.05) is 21.4 Å². The Morgan fingerprint density at radius 2 is 1.88 bits per heavy atom. The molecule has 0 aliphatic rings. The van der Waals surface area contributed by atoms with Gasteiger partial charge in [0.05, 0.1) is 0 Å². The molecule has 0 unspecified atom stereocenters. The molecule has 0 N–H and O–H groups in total. The van der Waals surface area contributed by atoms with Crippen molar-refractivity contribution in [2.45, 2.75) is 0 Å². The molecule has 8 heavy (non-hydrogen) atoms. The number of halogens is 1. The summed E-state index contributed by atoms with van der Waals surface area (Å²) in [5.41, 5.74) is 0.753. The fourth-order valence-corrected chi connectivity index (χ4v) is 0.938. The predicted molar refractivity (Wildman–Crippen MR) is 49.4 cm³/mol. The number of hydrogen-bond donors (Lipinski definition) is 2. The zero-order valence-corrected chi connectivity index (χ0v) is 7.64. The highest BCUT2D eigenvalue weighted by Gasteiger charge is 1.91. The molecule has 4 heteroatoms. The molecule has 0 aromatic rings. The lowest BCUT2D eigenvalue weighted by Crippen LogP contribution is -1.87. The van der Waals surface area contributed by atoms with Crippen molar-refractivity contribution in [2.75, 3.05) is 11.5 Å². The van der Waals surface area contributed by atoms with Crippen LogP contribution in [-0.4, -0.2) is 19.4 Å². The molecule has 0 aliphatic carbocycles. The molecule has 0 saturated carbocycles. The van der Waals surface area contributed by atoms with Gasteiger partial charge in [-0.05, 0) is 4.48 Å². The zero-order valence-electron chi connectivity index (χ0n) is 4.26. The zero-order chi connectivity index (χ0) is 6.57. The molecule has 2 radical (unpaired) electrons. The molecule has 0 amide bonds. The van der Waals surface area contributed by atoms with E-state index in [-0.39, 0.29) is 0 Å². The summed E-state index contributed by atoms with van der Waals surface area (Å²) in [5.74, 6) is 1.23. The Kier molecular flexibility index (Phi) is 5.42. The Morgan fingerprint density at radius 1 is 1.38 bits per heavy atom. The fraction of sp³-hybridized carbons (Fsp3) is 0.500. The maximum Gasteiger partial charge on any atom is 0.110 e. The summed E-state index contributed by atoms with van der Waals surface area (Å²) in [6.07, 6.45) is 0. The van der Waals surface area contributed by atoms with E-state index >= 15 is 0 Å². The van der Waals surface area contributed by atoms with Gasteiger partial charge < -0.3 is 0 Å². The van der Waals surface area contributed by atoms with E-state index < -0.39 is 0 Å². The Balaban J connectivity index is 3.83. The monoisotopic (exact) mass is 208 g/mol. The van der Waals surface area contributed by atoms with Gasteiger partial charge >= 0.3 is 0 Å². The first-order valence-electron chi connectivity index (χ1n) is 2.07. The Morgan fingerprint density at radius 3 is 2.00 bits per heavy atom. The summed E-state index contributed by atoms with van der Waals surface area (Å²) in [6.45, 7) is 0. The van der Waals surface area contributed by atoms with Crippen LogP contribution in [0, 0.1) is 0 Å². The van der Waals surface area contributed by atoms with Crippen LogP contribution in [0.2, 0.25) is 0 Å². The van der Waals surface area contributed by atoms with E-state index in [1.54, 1.807) is 0 Å². The van der Waals surface area contributed by atoms with E-state index in [0.29, 0.717) is 11.5 Å². The summed E-state index contributed by atoms with van der Waals surface area (Å²) < 4.78 is 0.927. The molecule has 0 heterocycles. The molecular weight excluding hydrogens is 203 g/mol. The smallest absolute Gasteiger partial charge is 0.110 e. The molecule has 44 valence electrons. The average molecular weight is 209 g/mol. The lowest BCUT2D eigenvalue weighted by atomic mass is 9.98. The third-order valence-corrected chi connectivity index (χ3v) is 2.54. The molecule has 0 bridgehead atoms. The van der Waals surface area contributed by atoms with Crippen molar-refractivity contribution in [1.29, 1.82) is 0 Å². The Labute approximate surface area is 70.5 Å². The van der Waals surface area contributed by atoms with Crippen LogP contribution < -0.4 is 0 Å². The molecule has 0 atom stereocenters. The first-order valence-corrected chi connectivity index (χ1v) is 4.13. The van der Waals surface area contributed by atoms with E-state index in [0.717, 1.165) is 9.95 Å². The first-order chi connectivity index (χ1) is 3.72. The lowest BCUT2D eigenvalue weighted by Gasteiger charge is -1.97. The average Bonchev–Trinajstić information content (AvgIpc) is 1.84. The molecule has 0 nitrogen and oxygen atoms in total. The third-order valence-electron chi connectivity index (χ3n) is 0.658. The van der Waals surface area contributed by atoms with Gasteiger partial charge in [-0.15, -0.1) is 0 Å². The molecular formula is C4H6BBrS2. The standard InChI is InChI=1S/C4H6BBrS2/c5-3(1-7)4(6)2-8/h7-8H,1-2H2/b4-3+. The highest BCUT2D eigenvalue weighted by atomic mass is 79.9. The summed E-state index contributed by atoms with van der Waals surface area (Å²) in [7, 11) is 5.43. The quantitative estimate of drug-likeness (QED) is 0.501. The van der Waals surface area contributed by atoms with Crippen LogP contribution in [0.25, 0.3) is 0 Å². The second kappa shape index (κ2) is 4.83. The van der Waals surface area contributed by atoms with Crippen LogP contribution in [0.3, 0.4) is 0 Å². The third kappa shape index (κ3) is 3.10. The maximum absolute atomic E-state index is 5.43. The van der Waals surface area contributed by atoms with E-state index in [1.807, 2.05) is 0 Å². The van der Waals surface area contributed by atoms with E-state index in [9.17, 15) is 0 Å². The molecule has 0 aliphatic heterocycles. The fourth-order valence-electron chi connectivity index (χ4n) is 0.187. The van der Waals surface area contributed by atoms with E-state index in [2.05, 4.69) is 41.2 Å². The minimum absolute atomic E-state index is 0.584. The SMILES string of the molecule is [B]/C(CS)=C(/Br)CS. The van der Waals surface area contributed by atoms with E-state index in [1.165, 1.54) is 0 Å². The molecule has 0 spiro atoms. The van der Waals surface area contributed by atoms with E-state index in [4.69, 9.17) is 7.85 Å². The highest BCUT2D eigenvalue weighted by molar-refractivity contribution is 9.11. The van der Waals surface area contributed by atoms with Crippen LogP contribution in [0.5, 0.6) is 0 Å². The van der Waals surface area contributed by atoms with Crippen molar-refractivity contribution in [3.63, 3.8) is 0 Å². The van der Waals surface area contributed by atoms with Gasteiger partial charge in [0.2, 0.25) is 0 Å². The lowest BCUT2D eigenvalue weighted by molar-refractivity contribution is 1.60. The van der Waals surface area contributed by atoms with Gasteiger partial charge in [-0.3, -0.25) is 0 Å². The van der Waals surface area contributed by atoms with Crippen molar-refractivity contribution >= 4 is 49.0 Å². The summed E-state index contributed by atoms with van der Waals surface area (Å²) in [6, 6.07) is 0. The maximum atomic E-state index is 5.43. The molecule has 0 aromatic heterocycles. The topological polar surface area (TPSA) is 0 Å². The molecule has 0 saturated heterocycles. The van der Waals surface area contributed by atoms with Gasteiger partial charge in [0, 0.05) is 11.5 Å². The minimum Gasteiger partial charge on any atom is -0.176 e. The predicted octanol–water partition coefficient (Wildman–Crippen LogP) is 1.62. The van der Waals surface area contributed by atoms with Gasteiger partial charge in [0.25, 0.3) is 0 Å².